The number of carbonyl (C=O) groups excluding carboxylic acids is 2. The van der Waals surface area contributed by atoms with Crippen LogP contribution in [-0.2, 0) is 16.0 Å². The third-order valence-electron chi connectivity index (χ3n) is 6.20. The minimum Gasteiger partial charge on any atom is -0.468 e. The van der Waals surface area contributed by atoms with Crippen LogP contribution in [0.1, 0.15) is 28.9 Å². The van der Waals surface area contributed by atoms with E-state index >= 15 is 0 Å². The Hall–Kier alpha value is -3.68. The summed E-state index contributed by atoms with van der Waals surface area (Å²) in [6.45, 7) is 1.91. The van der Waals surface area contributed by atoms with Gasteiger partial charge >= 0.3 is 5.91 Å². The van der Waals surface area contributed by atoms with E-state index in [1.807, 2.05) is 17.0 Å². The van der Waals surface area contributed by atoms with Crippen LogP contribution in [0, 0.1) is 0 Å². The normalized spacial score (nSPS) is 17.5. The highest BCUT2D eigenvalue weighted by Crippen LogP contribution is 2.25. The maximum absolute atomic E-state index is 12.9. The summed E-state index contributed by atoms with van der Waals surface area (Å²) < 4.78 is 10.5. The molecule has 2 aliphatic rings. The molecule has 0 atom stereocenters. The third-order valence-corrected chi connectivity index (χ3v) is 6.47. The minimum atomic E-state index is -0.694. The van der Waals surface area contributed by atoms with E-state index in [1.54, 1.807) is 12.1 Å². The molecule has 198 valence electrons. The van der Waals surface area contributed by atoms with Gasteiger partial charge < -0.3 is 41.6 Å². The van der Waals surface area contributed by atoms with Gasteiger partial charge in [0.2, 0.25) is 5.91 Å². The monoisotopic (exact) mass is 532 g/mol. The van der Waals surface area contributed by atoms with E-state index in [0.717, 1.165) is 5.56 Å². The second-order valence-corrected chi connectivity index (χ2v) is 9.11. The highest BCUT2D eigenvalue weighted by molar-refractivity contribution is 6.31. The summed E-state index contributed by atoms with van der Waals surface area (Å²) in [5.41, 5.74) is 11.7. The van der Waals surface area contributed by atoms with Crippen molar-refractivity contribution < 1.29 is 24.2 Å². The molecule has 3 heterocycles. The molecule has 4 rings (SSSR count). The van der Waals surface area contributed by atoms with Crippen molar-refractivity contribution in [3.05, 3.63) is 40.7 Å². The molecule has 2 aliphatic heterocycles. The van der Waals surface area contributed by atoms with Crippen LogP contribution in [0.5, 0.6) is 5.75 Å². The number of nitrogens with zero attached hydrogens (tertiary/aromatic N) is 4. The van der Waals surface area contributed by atoms with Crippen LogP contribution in [0.25, 0.3) is 0 Å². The molecule has 1 spiro atoms. The molecule has 0 unspecified atom stereocenters. The molecule has 2 aromatic rings. The maximum Gasteiger partial charge on any atom is 0.302 e. The van der Waals surface area contributed by atoms with E-state index in [4.69, 9.17) is 37.6 Å². The highest BCUT2D eigenvalue weighted by Gasteiger charge is 2.40. The van der Waals surface area contributed by atoms with Gasteiger partial charge in [-0.05, 0) is 30.5 Å². The third kappa shape index (κ3) is 6.56. The maximum atomic E-state index is 12.9. The lowest BCUT2D eigenvalue weighted by Gasteiger charge is -2.38. The first kappa shape index (κ1) is 26.4. The van der Waals surface area contributed by atoms with Crippen molar-refractivity contribution in [3.63, 3.8) is 0 Å². The first-order valence-electron chi connectivity index (χ1n) is 11.7. The Kier molecular flexibility index (Phi) is 8.26. The number of benzene rings is 1. The second kappa shape index (κ2) is 11.6. The molecule has 13 nitrogen and oxygen atoms in total. The average molecular weight is 533 g/mol. The van der Waals surface area contributed by atoms with Gasteiger partial charge in [0.25, 0.3) is 0 Å². The number of amides is 2. The van der Waals surface area contributed by atoms with Gasteiger partial charge in [0.05, 0.1) is 25.2 Å². The molecule has 0 radical (unpaired) electrons. The van der Waals surface area contributed by atoms with E-state index in [-0.39, 0.29) is 60.4 Å². The quantitative estimate of drug-likeness (QED) is 0.226. The first-order chi connectivity index (χ1) is 17.8. The van der Waals surface area contributed by atoms with Gasteiger partial charge in [0, 0.05) is 19.6 Å². The highest BCUT2D eigenvalue weighted by atomic mass is 35.5. The van der Waals surface area contributed by atoms with Crippen molar-refractivity contribution in [2.75, 3.05) is 51.1 Å². The number of ether oxygens (including phenoxy) is 2. The molecular weight excluding hydrogens is 504 g/mol. The van der Waals surface area contributed by atoms with E-state index in [9.17, 15) is 9.59 Å². The van der Waals surface area contributed by atoms with Crippen molar-refractivity contribution in [3.8, 4) is 5.75 Å². The Balaban J connectivity index is 1.27. The van der Waals surface area contributed by atoms with Gasteiger partial charge in [-0.2, -0.15) is 4.99 Å². The van der Waals surface area contributed by atoms with Crippen molar-refractivity contribution in [1.82, 2.24) is 25.5 Å². The first-order valence-corrected chi connectivity index (χ1v) is 12.1. The zero-order valence-electron chi connectivity index (χ0n) is 20.1. The van der Waals surface area contributed by atoms with Gasteiger partial charge in [-0.25, -0.2) is 9.97 Å². The number of aliphatic hydroxyl groups is 1. The molecule has 1 aromatic heterocycles. The van der Waals surface area contributed by atoms with Crippen LogP contribution in [0.15, 0.2) is 29.3 Å². The molecule has 2 amide bonds. The molecule has 0 aliphatic carbocycles. The van der Waals surface area contributed by atoms with Gasteiger partial charge in [-0.1, -0.05) is 23.7 Å². The van der Waals surface area contributed by atoms with Crippen molar-refractivity contribution in [2.45, 2.75) is 24.8 Å². The average Bonchev–Trinajstić information content (AvgIpc) is 3.26. The van der Waals surface area contributed by atoms with Crippen LogP contribution in [-0.4, -0.2) is 82.9 Å². The van der Waals surface area contributed by atoms with Crippen molar-refractivity contribution in [1.29, 1.82) is 0 Å². The number of hydrogen-bond acceptors (Lipinski definition) is 9. The number of nitrogens with one attached hydrogen (secondary N) is 2. The summed E-state index contributed by atoms with van der Waals surface area (Å²) in [4.78, 5) is 39.0. The SMILES string of the molecule is Nc1nc(N)c(C(=O)/N=C2\NCC3(CCN(C(=O)Cc4ccc(OCOCCO)cc4)CC3)N2)nc1Cl. The Morgan fingerprint density at radius 3 is 2.59 bits per heavy atom. The van der Waals surface area contributed by atoms with E-state index in [2.05, 4.69) is 25.6 Å². The summed E-state index contributed by atoms with van der Waals surface area (Å²) >= 11 is 5.85. The summed E-state index contributed by atoms with van der Waals surface area (Å²) in [6.07, 6.45) is 1.66. The number of halogens is 1. The molecule has 0 bridgehead atoms. The van der Waals surface area contributed by atoms with Gasteiger partial charge in [-0.3, -0.25) is 9.59 Å². The lowest BCUT2D eigenvalue weighted by atomic mass is 9.88. The Bertz CT molecular complexity index is 1170. The fourth-order valence-electron chi connectivity index (χ4n) is 4.12. The summed E-state index contributed by atoms with van der Waals surface area (Å²) in [5.74, 6) is 0.0685. The second-order valence-electron chi connectivity index (χ2n) is 8.75. The lowest BCUT2D eigenvalue weighted by Crippen LogP contribution is -2.54. The topological polar surface area (TPSA) is 190 Å². The number of anilines is 2. The fraction of sp³-hybridized carbons (Fsp3) is 0.435. The molecular formula is C23H29ClN8O5. The summed E-state index contributed by atoms with van der Waals surface area (Å²) in [6, 6.07) is 7.25. The van der Waals surface area contributed by atoms with Crippen molar-refractivity contribution in [2.24, 2.45) is 4.99 Å². The molecule has 0 saturated carbocycles. The fourth-order valence-corrected chi connectivity index (χ4v) is 4.25. The number of nitrogens with two attached hydrogens (primary N) is 2. The zero-order chi connectivity index (χ0) is 26.4. The van der Waals surface area contributed by atoms with Crippen LogP contribution in [0.2, 0.25) is 5.15 Å². The largest absolute Gasteiger partial charge is 0.468 e. The van der Waals surface area contributed by atoms with Crippen molar-refractivity contribution >= 4 is 41.0 Å². The Morgan fingerprint density at radius 1 is 1.16 bits per heavy atom. The van der Waals surface area contributed by atoms with Crippen LogP contribution in [0.3, 0.4) is 0 Å². The number of piperidine rings is 1. The number of likely N-dealkylation sites (tertiary alicyclic amines) is 1. The van der Waals surface area contributed by atoms with E-state index < -0.39 is 5.91 Å². The minimum absolute atomic E-state index is 0.0408. The molecule has 7 N–H and O–H groups in total. The van der Waals surface area contributed by atoms with E-state index in [1.165, 1.54) is 0 Å². The number of rotatable bonds is 8. The number of aliphatic imine (C=N–C) groups is 1. The molecule has 37 heavy (non-hydrogen) atoms. The smallest absolute Gasteiger partial charge is 0.302 e. The van der Waals surface area contributed by atoms with Crippen LogP contribution >= 0.6 is 11.6 Å². The number of aromatic nitrogens is 2. The van der Waals surface area contributed by atoms with Gasteiger partial charge in [0.1, 0.15) is 5.75 Å². The molecule has 2 saturated heterocycles. The Morgan fingerprint density at radius 2 is 1.89 bits per heavy atom. The lowest BCUT2D eigenvalue weighted by molar-refractivity contribution is -0.132. The number of hydrogen-bond donors (Lipinski definition) is 5. The summed E-state index contributed by atoms with van der Waals surface area (Å²) in [7, 11) is 0. The van der Waals surface area contributed by atoms with Crippen LogP contribution < -0.4 is 26.8 Å². The van der Waals surface area contributed by atoms with E-state index in [0.29, 0.717) is 44.2 Å². The number of nitrogen functional groups attached to an aromatic ring is 2. The number of aliphatic hydroxyl groups excluding tert-OH is 1. The standard InChI is InChI=1S/C23H29ClN8O5/c24-18-20(26)29-19(25)17(28-18)21(35)30-22-27-12-23(31-22)5-7-32(8-6-23)16(34)11-14-1-3-15(4-2-14)37-13-36-10-9-33/h1-4,33H,5-13H2,(H4,25,26,29)(H2,27,30,31,35). The molecule has 1 aromatic carbocycles. The summed E-state index contributed by atoms with van der Waals surface area (Å²) in [5, 5.41) is 15.0. The number of carbonyl (C=O) groups is 2. The van der Waals surface area contributed by atoms with Crippen LogP contribution in [0.4, 0.5) is 11.6 Å². The number of guanidine groups is 1. The Labute approximate surface area is 218 Å². The zero-order valence-corrected chi connectivity index (χ0v) is 20.8. The predicted octanol–water partition coefficient (Wildman–Crippen LogP) is -0.0675. The van der Waals surface area contributed by atoms with Gasteiger partial charge in [0.15, 0.2) is 35.2 Å². The molecule has 14 heteroatoms. The predicted molar refractivity (Wildman–Crippen MR) is 136 cm³/mol. The molecule has 2 fully saturated rings. The van der Waals surface area contributed by atoms with Gasteiger partial charge in [-0.15, -0.1) is 0 Å².